The van der Waals surface area contributed by atoms with Crippen LogP contribution in [0.4, 0.5) is 24.1 Å². The molecule has 0 aromatic heterocycles. The van der Waals surface area contributed by atoms with Crippen molar-refractivity contribution < 1.29 is 37.4 Å². The summed E-state index contributed by atoms with van der Waals surface area (Å²) < 4.78 is 33.7. The Morgan fingerprint density at radius 1 is 1.02 bits per heavy atom. The number of carbonyl (C=O) groups excluding carboxylic acids is 4. The number of nitrogens with one attached hydrogen (secondary N) is 3. The molecule has 3 N–H and O–H groups in total. The summed E-state index contributed by atoms with van der Waals surface area (Å²) in [5, 5.41) is 8.29. The van der Waals surface area contributed by atoms with Gasteiger partial charge in [-0.25, -0.2) is 28.1 Å². The zero-order chi connectivity index (χ0) is 33.5. The zero-order valence-electron chi connectivity index (χ0n) is 26.6. The number of piperidine rings is 1. The van der Waals surface area contributed by atoms with Crippen molar-refractivity contribution in [3.63, 3.8) is 0 Å². The van der Waals surface area contributed by atoms with Gasteiger partial charge in [-0.1, -0.05) is 31.2 Å². The van der Waals surface area contributed by atoms with Gasteiger partial charge in [-0.05, 0) is 81.1 Å². The molecule has 0 aliphatic carbocycles. The Labute approximate surface area is 268 Å². The van der Waals surface area contributed by atoms with Crippen LogP contribution >= 0.6 is 0 Å². The highest BCUT2D eigenvalue weighted by Crippen LogP contribution is 2.29. The van der Waals surface area contributed by atoms with Gasteiger partial charge in [-0.3, -0.25) is 4.79 Å². The standard InChI is InChI=1S/C27H39N5O6.C6H4F2/c1-4-7-24(33)29-21-9-5-8-20(16-21)19-10-14-31(15-11-19)13-6-12-28-26(35)32-17-22(25(34)38-3)23(18-37-2)30-27(32)36;7-5-3-1-2-4-6(5)8/h5,8-9,16,19H,4,6-7,10-15,17-18H2,1-3H3,(H,28,35)(H,29,33)(H,30,36);1-4H. The Kier molecular flexibility index (Phi) is 14.6. The summed E-state index contributed by atoms with van der Waals surface area (Å²) in [7, 11) is 2.69. The molecular weight excluding hydrogens is 600 g/mol. The summed E-state index contributed by atoms with van der Waals surface area (Å²) in [5.74, 6) is -1.72. The summed E-state index contributed by atoms with van der Waals surface area (Å²) in [4.78, 5) is 52.3. The van der Waals surface area contributed by atoms with Crippen LogP contribution in [0.3, 0.4) is 0 Å². The fourth-order valence-corrected chi connectivity index (χ4v) is 5.18. The first-order chi connectivity index (χ1) is 22.2. The molecule has 0 radical (unpaired) electrons. The fraction of sp³-hybridized carbons (Fsp3) is 0.455. The van der Waals surface area contributed by atoms with Gasteiger partial charge in [0.2, 0.25) is 5.91 Å². The van der Waals surface area contributed by atoms with Crippen LogP contribution in [0.2, 0.25) is 0 Å². The number of hydrogen-bond acceptors (Lipinski definition) is 7. The molecule has 4 rings (SSSR count). The van der Waals surface area contributed by atoms with Crippen molar-refractivity contribution >= 4 is 29.6 Å². The van der Waals surface area contributed by atoms with E-state index < -0.39 is 29.7 Å². The third-order valence-electron chi connectivity index (χ3n) is 7.61. The minimum atomic E-state index is -0.799. The number of benzene rings is 2. The molecule has 1 saturated heterocycles. The van der Waals surface area contributed by atoms with Crippen LogP contribution in [0, 0.1) is 11.6 Å². The van der Waals surface area contributed by atoms with Crippen LogP contribution < -0.4 is 16.0 Å². The number of esters is 1. The van der Waals surface area contributed by atoms with Gasteiger partial charge in [-0.2, -0.15) is 0 Å². The van der Waals surface area contributed by atoms with Crippen molar-refractivity contribution in [1.29, 1.82) is 0 Å². The van der Waals surface area contributed by atoms with E-state index in [-0.39, 0.29) is 24.6 Å². The van der Waals surface area contributed by atoms with E-state index in [4.69, 9.17) is 9.47 Å². The quantitative estimate of drug-likeness (QED) is 0.238. The number of methoxy groups -OCH3 is 2. The number of imide groups is 1. The monoisotopic (exact) mass is 643 g/mol. The predicted molar refractivity (Wildman–Crippen MR) is 169 cm³/mol. The van der Waals surface area contributed by atoms with E-state index in [9.17, 15) is 28.0 Å². The fourth-order valence-electron chi connectivity index (χ4n) is 5.18. The number of likely N-dealkylation sites (tertiary alicyclic amines) is 1. The molecule has 0 bridgehead atoms. The number of rotatable bonds is 11. The molecule has 2 aromatic rings. The lowest BCUT2D eigenvalue weighted by atomic mass is 9.89. The van der Waals surface area contributed by atoms with Gasteiger partial charge < -0.3 is 30.3 Å². The van der Waals surface area contributed by atoms with Gasteiger partial charge >= 0.3 is 18.0 Å². The molecule has 0 saturated carbocycles. The lowest BCUT2D eigenvalue weighted by Gasteiger charge is -2.32. The van der Waals surface area contributed by atoms with Crippen molar-refractivity contribution in [2.75, 3.05) is 58.9 Å². The Bertz CT molecular complexity index is 1360. The van der Waals surface area contributed by atoms with Crippen molar-refractivity contribution in [2.24, 2.45) is 0 Å². The SMILES string of the molecule is CCCC(=O)Nc1cccc(C2CCN(CCCNC(=O)N3CC(C(=O)OC)=C(COC)NC3=O)CC2)c1.Fc1ccccc1F. The van der Waals surface area contributed by atoms with Gasteiger partial charge in [0.1, 0.15) is 0 Å². The first-order valence-electron chi connectivity index (χ1n) is 15.3. The van der Waals surface area contributed by atoms with E-state index in [1.807, 2.05) is 19.1 Å². The smallest absolute Gasteiger partial charge is 0.337 e. The minimum absolute atomic E-state index is 0.0310. The number of halogens is 2. The van der Waals surface area contributed by atoms with Crippen molar-refractivity contribution in [3.05, 3.63) is 77.0 Å². The van der Waals surface area contributed by atoms with Crippen LogP contribution in [-0.2, 0) is 19.1 Å². The van der Waals surface area contributed by atoms with Gasteiger partial charge in [-0.15, -0.1) is 0 Å². The van der Waals surface area contributed by atoms with Gasteiger partial charge in [0.05, 0.1) is 31.5 Å². The molecule has 11 nitrogen and oxygen atoms in total. The molecule has 13 heteroatoms. The summed E-state index contributed by atoms with van der Waals surface area (Å²) in [6.45, 7) is 4.98. The Morgan fingerprint density at radius 2 is 1.72 bits per heavy atom. The van der Waals surface area contributed by atoms with Crippen molar-refractivity contribution in [3.8, 4) is 0 Å². The number of nitrogens with zero attached hydrogens (tertiary/aromatic N) is 2. The number of carbonyl (C=O) groups is 4. The highest BCUT2D eigenvalue weighted by Gasteiger charge is 2.33. The van der Waals surface area contributed by atoms with E-state index in [1.165, 1.54) is 31.9 Å². The normalized spacial score (nSPS) is 15.4. The molecule has 1 fully saturated rings. The maximum absolute atomic E-state index is 12.6. The van der Waals surface area contributed by atoms with E-state index in [2.05, 4.69) is 33.0 Å². The second-order valence-electron chi connectivity index (χ2n) is 10.9. The molecule has 2 heterocycles. The number of hydrogen-bond donors (Lipinski definition) is 3. The van der Waals surface area contributed by atoms with Crippen LogP contribution in [0.25, 0.3) is 0 Å². The largest absolute Gasteiger partial charge is 0.466 e. The molecule has 0 atom stereocenters. The third kappa shape index (κ3) is 10.9. The summed E-state index contributed by atoms with van der Waals surface area (Å²) in [5.41, 5.74) is 2.58. The molecule has 2 aliphatic heterocycles. The van der Waals surface area contributed by atoms with E-state index >= 15 is 0 Å². The van der Waals surface area contributed by atoms with E-state index in [0.717, 1.165) is 68.0 Å². The molecule has 46 heavy (non-hydrogen) atoms. The molecule has 0 spiro atoms. The summed E-state index contributed by atoms with van der Waals surface area (Å²) in [6.07, 6.45) is 4.14. The predicted octanol–water partition coefficient (Wildman–Crippen LogP) is 4.77. The Morgan fingerprint density at radius 3 is 2.33 bits per heavy atom. The highest BCUT2D eigenvalue weighted by atomic mass is 19.2. The summed E-state index contributed by atoms with van der Waals surface area (Å²) in [6, 6.07) is 12.0. The summed E-state index contributed by atoms with van der Waals surface area (Å²) >= 11 is 0. The molecule has 5 amide bonds. The molecular formula is C33H43F2N5O6. The second-order valence-corrected chi connectivity index (χ2v) is 10.9. The number of amides is 5. The minimum Gasteiger partial charge on any atom is -0.466 e. The average Bonchev–Trinajstić information content (AvgIpc) is 3.05. The van der Waals surface area contributed by atoms with Gasteiger partial charge in [0, 0.05) is 25.8 Å². The topological polar surface area (TPSA) is 129 Å². The maximum Gasteiger partial charge on any atom is 0.337 e. The number of anilines is 1. The van der Waals surface area contributed by atoms with E-state index in [1.54, 1.807) is 0 Å². The molecule has 250 valence electrons. The molecule has 0 unspecified atom stereocenters. The highest BCUT2D eigenvalue weighted by molar-refractivity contribution is 6.00. The van der Waals surface area contributed by atoms with Gasteiger partial charge in [0.15, 0.2) is 11.6 Å². The van der Waals surface area contributed by atoms with Crippen LogP contribution in [-0.4, -0.2) is 87.3 Å². The van der Waals surface area contributed by atoms with Crippen molar-refractivity contribution in [1.82, 2.24) is 20.4 Å². The Hall–Kier alpha value is -4.36. The zero-order valence-corrected chi connectivity index (χ0v) is 26.6. The van der Waals surface area contributed by atoms with E-state index in [0.29, 0.717) is 24.6 Å². The Balaban J connectivity index is 0.000000625. The third-order valence-corrected chi connectivity index (χ3v) is 7.61. The average molecular weight is 644 g/mol. The van der Waals surface area contributed by atoms with Crippen LogP contribution in [0.5, 0.6) is 0 Å². The first-order valence-corrected chi connectivity index (χ1v) is 15.3. The lowest BCUT2D eigenvalue weighted by molar-refractivity contribution is -0.136. The van der Waals surface area contributed by atoms with Gasteiger partial charge in [0.25, 0.3) is 0 Å². The maximum atomic E-state index is 12.6. The van der Waals surface area contributed by atoms with Crippen molar-refractivity contribution in [2.45, 2.75) is 44.9 Å². The number of urea groups is 2. The second kappa shape index (κ2) is 18.6. The number of ether oxygens (including phenoxy) is 2. The van der Waals surface area contributed by atoms with Crippen LogP contribution in [0.15, 0.2) is 59.8 Å². The first kappa shape index (κ1) is 36.1. The molecule has 2 aromatic carbocycles. The lowest BCUT2D eigenvalue weighted by Crippen LogP contribution is -2.54. The van der Waals surface area contributed by atoms with Crippen LogP contribution in [0.1, 0.15) is 50.5 Å². The molecule has 2 aliphatic rings.